The standard InChI is InChI=1S/C19H21N3O2.ClH.H2O/c1-21(2)12-11-16-13-15-5-3-4-6-18(15)19(20-16)14-7-9-17(10-8-14)22(23)24;;/h3-10,16H,11-13H2,1-2H3;1H;1H2. The van der Waals surface area contributed by atoms with Gasteiger partial charge in [-0.3, -0.25) is 15.1 Å². The van der Waals surface area contributed by atoms with Gasteiger partial charge in [-0.1, -0.05) is 24.3 Å². The summed E-state index contributed by atoms with van der Waals surface area (Å²) in [4.78, 5) is 17.6. The van der Waals surface area contributed by atoms with Crippen molar-refractivity contribution in [2.45, 2.75) is 18.9 Å². The van der Waals surface area contributed by atoms with E-state index in [2.05, 4.69) is 37.2 Å². The van der Waals surface area contributed by atoms with E-state index in [1.165, 1.54) is 5.56 Å². The largest absolute Gasteiger partial charge is 0.412 e. The number of hydrogen-bond acceptors (Lipinski definition) is 4. The average molecular weight is 378 g/mol. The normalized spacial score (nSPS) is 15.3. The number of nitro groups is 1. The third kappa shape index (κ3) is 4.88. The molecule has 7 heteroatoms. The molecule has 1 aliphatic rings. The van der Waals surface area contributed by atoms with Gasteiger partial charge in [-0.25, -0.2) is 0 Å². The Morgan fingerprint density at radius 1 is 1.15 bits per heavy atom. The van der Waals surface area contributed by atoms with Crippen molar-refractivity contribution in [2.75, 3.05) is 20.6 Å². The Kier molecular flexibility index (Phi) is 7.89. The summed E-state index contributed by atoms with van der Waals surface area (Å²) in [6.45, 7) is 0.990. The van der Waals surface area contributed by atoms with Gasteiger partial charge in [-0.15, -0.1) is 12.4 Å². The summed E-state index contributed by atoms with van der Waals surface area (Å²) < 4.78 is 0. The first kappa shape index (κ1) is 21.8. The lowest BCUT2D eigenvalue weighted by molar-refractivity contribution is -0.384. The Bertz CT molecular complexity index is 776. The zero-order chi connectivity index (χ0) is 17.1. The molecule has 1 unspecified atom stereocenters. The number of halogens is 1. The summed E-state index contributed by atoms with van der Waals surface area (Å²) in [6, 6.07) is 15.2. The number of fused-ring (bicyclic) bond motifs is 1. The van der Waals surface area contributed by atoms with Gasteiger partial charge in [-0.05, 0) is 51.2 Å². The van der Waals surface area contributed by atoms with Crippen LogP contribution >= 0.6 is 12.4 Å². The molecule has 1 heterocycles. The summed E-state index contributed by atoms with van der Waals surface area (Å²) in [5, 5.41) is 10.9. The van der Waals surface area contributed by atoms with E-state index in [1.54, 1.807) is 24.3 Å². The molecule has 0 fully saturated rings. The first-order valence-corrected chi connectivity index (χ1v) is 8.10. The third-order valence-electron chi connectivity index (χ3n) is 4.30. The SMILES string of the molecule is CN(C)CCC1Cc2ccccc2C(c2ccc([N+](=O)[O-])cc2)=N1.Cl.O. The molecule has 0 spiro atoms. The van der Waals surface area contributed by atoms with Crippen molar-refractivity contribution < 1.29 is 10.4 Å². The molecule has 0 saturated heterocycles. The van der Waals surface area contributed by atoms with E-state index in [1.807, 2.05) is 6.07 Å². The molecule has 26 heavy (non-hydrogen) atoms. The highest BCUT2D eigenvalue weighted by atomic mass is 35.5. The molecular formula is C19H24ClN3O3. The minimum atomic E-state index is -0.375. The third-order valence-corrected chi connectivity index (χ3v) is 4.30. The van der Waals surface area contributed by atoms with Crippen LogP contribution in [-0.2, 0) is 6.42 Å². The number of benzene rings is 2. The second kappa shape index (κ2) is 9.43. The Morgan fingerprint density at radius 2 is 1.81 bits per heavy atom. The van der Waals surface area contributed by atoms with E-state index in [9.17, 15) is 10.1 Å². The highest BCUT2D eigenvalue weighted by Gasteiger charge is 2.22. The molecule has 6 nitrogen and oxygen atoms in total. The van der Waals surface area contributed by atoms with E-state index in [0.29, 0.717) is 0 Å². The van der Waals surface area contributed by atoms with Gasteiger partial charge in [0.2, 0.25) is 0 Å². The van der Waals surface area contributed by atoms with Crippen LogP contribution in [0, 0.1) is 10.1 Å². The van der Waals surface area contributed by atoms with Crippen molar-refractivity contribution in [1.29, 1.82) is 0 Å². The molecule has 3 rings (SSSR count). The summed E-state index contributed by atoms with van der Waals surface area (Å²) in [5.41, 5.74) is 4.41. The van der Waals surface area contributed by atoms with Crippen LogP contribution in [-0.4, -0.2) is 47.7 Å². The monoisotopic (exact) mass is 377 g/mol. The number of hydrogen-bond donors (Lipinski definition) is 0. The molecule has 0 amide bonds. The van der Waals surface area contributed by atoms with E-state index in [-0.39, 0.29) is 34.5 Å². The quantitative estimate of drug-likeness (QED) is 0.592. The van der Waals surface area contributed by atoms with E-state index in [4.69, 9.17) is 4.99 Å². The highest BCUT2D eigenvalue weighted by molar-refractivity contribution is 6.14. The predicted molar refractivity (Wildman–Crippen MR) is 107 cm³/mol. The van der Waals surface area contributed by atoms with Crippen molar-refractivity contribution in [1.82, 2.24) is 4.90 Å². The second-order valence-corrected chi connectivity index (χ2v) is 6.39. The van der Waals surface area contributed by atoms with Gasteiger partial charge < -0.3 is 10.4 Å². The maximum atomic E-state index is 10.9. The second-order valence-electron chi connectivity index (χ2n) is 6.39. The van der Waals surface area contributed by atoms with E-state index < -0.39 is 0 Å². The summed E-state index contributed by atoms with van der Waals surface area (Å²) in [5.74, 6) is 0. The van der Waals surface area contributed by atoms with Gasteiger partial charge >= 0.3 is 0 Å². The highest BCUT2D eigenvalue weighted by Crippen LogP contribution is 2.25. The van der Waals surface area contributed by atoms with Crippen molar-refractivity contribution in [2.24, 2.45) is 4.99 Å². The number of nitro benzene ring substituents is 1. The number of aliphatic imine (C=N–C) groups is 1. The van der Waals surface area contributed by atoms with Gasteiger partial charge in [0.05, 0.1) is 16.7 Å². The first-order valence-electron chi connectivity index (χ1n) is 8.10. The van der Waals surface area contributed by atoms with E-state index in [0.717, 1.165) is 36.2 Å². The smallest absolute Gasteiger partial charge is 0.269 e. The number of nitrogens with zero attached hydrogens (tertiary/aromatic N) is 3. The predicted octanol–water partition coefficient (Wildman–Crippen LogP) is 2.91. The first-order chi connectivity index (χ1) is 11.5. The molecular weight excluding hydrogens is 354 g/mol. The zero-order valence-electron chi connectivity index (χ0n) is 14.9. The summed E-state index contributed by atoms with van der Waals surface area (Å²) in [6.07, 6.45) is 1.94. The maximum absolute atomic E-state index is 10.9. The maximum Gasteiger partial charge on any atom is 0.269 e. The van der Waals surface area contributed by atoms with Crippen molar-refractivity contribution in [3.63, 3.8) is 0 Å². The number of rotatable bonds is 5. The molecule has 1 atom stereocenters. The van der Waals surface area contributed by atoms with Crippen molar-refractivity contribution >= 4 is 23.8 Å². The van der Waals surface area contributed by atoms with Crippen LogP contribution in [0.3, 0.4) is 0 Å². The molecule has 2 aromatic carbocycles. The molecule has 0 radical (unpaired) electrons. The zero-order valence-corrected chi connectivity index (χ0v) is 15.7. The Balaban J connectivity index is 0.00000169. The average Bonchev–Trinajstić information content (AvgIpc) is 2.59. The van der Waals surface area contributed by atoms with Crippen LogP contribution in [0.4, 0.5) is 5.69 Å². The fourth-order valence-corrected chi connectivity index (χ4v) is 3.03. The van der Waals surface area contributed by atoms with Gasteiger partial charge in [0.1, 0.15) is 0 Å². The molecule has 0 aromatic heterocycles. The molecule has 0 aliphatic carbocycles. The fraction of sp³-hybridized carbons (Fsp3) is 0.316. The minimum absolute atomic E-state index is 0. The Labute approximate surface area is 159 Å². The summed E-state index contributed by atoms with van der Waals surface area (Å²) >= 11 is 0. The topological polar surface area (TPSA) is 90.2 Å². The fourth-order valence-electron chi connectivity index (χ4n) is 3.03. The molecule has 1 aliphatic heterocycles. The van der Waals surface area contributed by atoms with E-state index >= 15 is 0 Å². The van der Waals surface area contributed by atoms with Crippen LogP contribution in [0.2, 0.25) is 0 Å². The summed E-state index contributed by atoms with van der Waals surface area (Å²) in [7, 11) is 4.13. The molecule has 2 aromatic rings. The lowest BCUT2D eigenvalue weighted by Gasteiger charge is -2.24. The lowest BCUT2D eigenvalue weighted by atomic mass is 9.89. The Hall–Kier alpha value is -2.28. The number of non-ortho nitro benzene ring substituents is 1. The van der Waals surface area contributed by atoms with Crippen LogP contribution in [0.5, 0.6) is 0 Å². The van der Waals surface area contributed by atoms with Gasteiger partial charge in [0.15, 0.2) is 0 Å². The minimum Gasteiger partial charge on any atom is -0.412 e. The van der Waals surface area contributed by atoms with Crippen molar-refractivity contribution in [3.05, 3.63) is 75.3 Å². The molecule has 0 saturated carbocycles. The van der Waals surface area contributed by atoms with Gasteiger partial charge in [-0.2, -0.15) is 0 Å². The molecule has 140 valence electrons. The van der Waals surface area contributed by atoms with Gasteiger partial charge in [0, 0.05) is 23.3 Å². The van der Waals surface area contributed by atoms with Crippen LogP contribution in [0.25, 0.3) is 0 Å². The Morgan fingerprint density at radius 3 is 2.42 bits per heavy atom. The molecule has 2 N–H and O–H groups in total. The lowest BCUT2D eigenvalue weighted by Crippen LogP contribution is -2.25. The molecule has 0 bridgehead atoms. The van der Waals surface area contributed by atoms with Gasteiger partial charge in [0.25, 0.3) is 5.69 Å². The van der Waals surface area contributed by atoms with Crippen LogP contribution in [0.15, 0.2) is 53.5 Å². The van der Waals surface area contributed by atoms with Crippen molar-refractivity contribution in [3.8, 4) is 0 Å². The van der Waals surface area contributed by atoms with Crippen LogP contribution < -0.4 is 0 Å². The van der Waals surface area contributed by atoms with Crippen LogP contribution in [0.1, 0.15) is 23.1 Å².